The lowest BCUT2D eigenvalue weighted by molar-refractivity contribution is -0.135. The van der Waals surface area contributed by atoms with Crippen molar-refractivity contribution in [3.63, 3.8) is 0 Å². The van der Waals surface area contributed by atoms with Gasteiger partial charge in [0.05, 0.1) is 31.7 Å². The standard InChI is InChI=1S/C36H44FN3O4Si/c1-25-32(44-33(36(25)45(2,3)37)22-35(43)40(18-19-41)24-27-10-5-4-6-11-27)17-16-26-12-9-13-29(20-26)39-34(42)21-28-23-38-31-15-8-7-14-30(28)31/h4-15,20,23,25,32-33,36,38,41H,16-19,21-22,24H2,1-3H3,(H,39,42)/t25-,32+,33-,36+/m1/s1. The molecule has 4 aromatic rings. The van der Waals surface area contributed by atoms with Crippen LogP contribution in [0.15, 0.2) is 85.1 Å². The van der Waals surface area contributed by atoms with E-state index >= 15 is 4.11 Å². The second-order valence-corrected chi connectivity index (χ2v) is 16.5. The summed E-state index contributed by atoms with van der Waals surface area (Å²) in [7, 11) is -3.16. The highest BCUT2D eigenvalue weighted by Crippen LogP contribution is 2.47. The number of carbonyl (C=O) groups is 2. The molecule has 9 heteroatoms. The summed E-state index contributed by atoms with van der Waals surface area (Å²) in [6, 6.07) is 25.4. The van der Waals surface area contributed by atoms with Crippen LogP contribution in [-0.2, 0) is 33.7 Å². The number of halogens is 1. The van der Waals surface area contributed by atoms with Gasteiger partial charge in [0.2, 0.25) is 20.2 Å². The molecule has 1 aromatic heterocycles. The average Bonchev–Trinajstić information content (AvgIpc) is 3.56. The van der Waals surface area contributed by atoms with Crippen LogP contribution >= 0.6 is 0 Å². The van der Waals surface area contributed by atoms with Crippen LogP contribution in [0.5, 0.6) is 0 Å². The molecule has 45 heavy (non-hydrogen) atoms. The number of H-pyrrole nitrogens is 1. The van der Waals surface area contributed by atoms with Gasteiger partial charge in [0.25, 0.3) is 0 Å². The van der Waals surface area contributed by atoms with E-state index in [4.69, 9.17) is 4.74 Å². The lowest BCUT2D eigenvalue weighted by atomic mass is 9.95. The normalized spacial score (nSPS) is 19.9. The molecule has 1 saturated heterocycles. The fraction of sp³-hybridized carbons (Fsp3) is 0.389. The monoisotopic (exact) mass is 629 g/mol. The molecule has 3 N–H and O–H groups in total. The number of nitrogens with zero attached hydrogens (tertiary/aromatic N) is 1. The molecule has 4 atom stereocenters. The van der Waals surface area contributed by atoms with E-state index in [1.807, 2.05) is 92.0 Å². The van der Waals surface area contributed by atoms with Crippen LogP contribution in [0, 0.1) is 5.92 Å². The minimum absolute atomic E-state index is 0.0334. The summed E-state index contributed by atoms with van der Waals surface area (Å²) in [4.78, 5) is 31.2. The Morgan fingerprint density at radius 3 is 2.49 bits per heavy atom. The third-order valence-corrected chi connectivity index (χ3v) is 11.4. The van der Waals surface area contributed by atoms with Crippen molar-refractivity contribution in [2.24, 2.45) is 5.92 Å². The molecule has 3 aromatic carbocycles. The lowest BCUT2D eigenvalue weighted by Crippen LogP contribution is -2.40. The molecule has 0 unspecified atom stereocenters. The highest BCUT2D eigenvalue weighted by atomic mass is 28.4. The van der Waals surface area contributed by atoms with Crippen molar-refractivity contribution in [2.45, 2.75) is 70.0 Å². The Balaban J connectivity index is 1.20. The number of aliphatic hydroxyl groups excluding tert-OH is 1. The maximum Gasteiger partial charge on any atom is 0.246 e. The van der Waals surface area contributed by atoms with Crippen LogP contribution in [0.25, 0.3) is 10.9 Å². The Labute approximate surface area is 266 Å². The first kappa shape index (κ1) is 32.6. The van der Waals surface area contributed by atoms with Crippen molar-refractivity contribution in [1.29, 1.82) is 0 Å². The lowest BCUT2D eigenvalue weighted by Gasteiger charge is -2.30. The molecule has 2 heterocycles. The van der Waals surface area contributed by atoms with Gasteiger partial charge in [0.15, 0.2) is 0 Å². The molecule has 0 bridgehead atoms. The summed E-state index contributed by atoms with van der Waals surface area (Å²) >= 11 is 0. The number of nitrogens with one attached hydrogen (secondary N) is 2. The molecule has 7 nitrogen and oxygen atoms in total. The van der Waals surface area contributed by atoms with Crippen molar-refractivity contribution < 1.29 is 23.5 Å². The number of aryl methyl sites for hydroxylation is 1. The fourth-order valence-corrected chi connectivity index (χ4v) is 9.41. The Hall–Kier alpha value is -3.79. The number of ether oxygens (including phenoxy) is 1. The first-order chi connectivity index (χ1) is 21.6. The second-order valence-electron chi connectivity index (χ2n) is 12.7. The van der Waals surface area contributed by atoms with Crippen LogP contribution in [-0.4, -0.2) is 60.6 Å². The number of benzene rings is 3. The minimum atomic E-state index is -3.16. The first-order valence-electron chi connectivity index (χ1n) is 15.8. The number of rotatable bonds is 13. The topological polar surface area (TPSA) is 94.7 Å². The van der Waals surface area contributed by atoms with Crippen molar-refractivity contribution in [1.82, 2.24) is 9.88 Å². The van der Waals surface area contributed by atoms with Gasteiger partial charge in [-0.2, -0.15) is 0 Å². The largest absolute Gasteiger partial charge is 0.395 e. The Morgan fingerprint density at radius 1 is 1.00 bits per heavy atom. The molecule has 238 valence electrons. The maximum absolute atomic E-state index is 15.7. The van der Waals surface area contributed by atoms with E-state index in [1.165, 1.54) is 0 Å². The van der Waals surface area contributed by atoms with Crippen LogP contribution in [0.3, 0.4) is 0 Å². The van der Waals surface area contributed by atoms with Gasteiger partial charge < -0.3 is 29.2 Å². The zero-order valence-corrected chi connectivity index (χ0v) is 27.3. The maximum atomic E-state index is 15.7. The summed E-state index contributed by atoms with van der Waals surface area (Å²) in [6.07, 6.45) is 2.94. The highest BCUT2D eigenvalue weighted by Gasteiger charge is 2.51. The van der Waals surface area contributed by atoms with Crippen molar-refractivity contribution in [2.75, 3.05) is 18.5 Å². The fourth-order valence-electron chi connectivity index (χ4n) is 6.86. The molecule has 5 rings (SSSR count). The number of hydrogen-bond donors (Lipinski definition) is 3. The molecule has 1 aliphatic rings. The minimum Gasteiger partial charge on any atom is -0.395 e. The van der Waals surface area contributed by atoms with E-state index in [2.05, 4.69) is 10.3 Å². The number of aromatic nitrogens is 1. The number of aromatic amines is 1. The number of aliphatic hydroxyl groups is 1. The predicted octanol–water partition coefficient (Wildman–Crippen LogP) is 6.64. The zero-order valence-electron chi connectivity index (χ0n) is 26.3. The summed E-state index contributed by atoms with van der Waals surface area (Å²) < 4.78 is 22.2. The van der Waals surface area contributed by atoms with E-state index in [0.29, 0.717) is 19.4 Å². The van der Waals surface area contributed by atoms with Crippen molar-refractivity contribution in [3.8, 4) is 0 Å². The number of hydrogen-bond acceptors (Lipinski definition) is 4. The summed E-state index contributed by atoms with van der Waals surface area (Å²) in [5.74, 6) is -0.253. The van der Waals surface area contributed by atoms with Crippen LogP contribution < -0.4 is 5.32 Å². The summed E-state index contributed by atoms with van der Waals surface area (Å²) in [6.45, 7) is 5.92. The molecular weight excluding hydrogens is 585 g/mol. The Kier molecular flexibility index (Phi) is 10.5. The zero-order chi connectivity index (χ0) is 32.0. The van der Waals surface area contributed by atoms with Crippen molar-refractivity contribution in [3.05, 3.63) is 102 Å². The SMILES string of the molecule is C[C@H]1[C@H]([Si](C)(C)F)[C@@H](CC(=O)N(CCO)Cc2ccccc2)O[C@H]1CCc1cccc(NC(=O)Cc2c[nH]c3ccccc23)c1. The molecule has 0 radical (unpaired) electrons. The third kappa shape index (κ3) is 8.28. The molecule has 0 aliphatic carbocycles. The van der Waals surface area contributed by atoms with Gasteiger partial charge in [0, 0.05) is 41.4 Å². The van der Waals surface area contributed by atoms with E-state index in [0.717, 1.165) is 33.3 Å². The Bertz CT molecular complexity index is 1590. The molecular formula is C36H44FN3O4Si. The molecule has 0 spiro atoms. The van der Waals surface area contributed by atoms with Gasteiger partial charge in [0.1, 0.15) is 0 Å². The van der Waals surface area contributed by atoms with Crippen molar-refractivity contribution >= 4 is 36.8 Å². The molecule has 1 fully saturated rings. The van der Waals surface area contributed by atoms with E-state index in [9.17, 15) is 14.7 Å². The second kappa shape index (κ2) is 14.5. The van der Waals surface area contributed by atoms with E-state index in [1.54, 1.807) is 18.0 Å². The van der Waals surface area contributed by atoms with Gasteiger partial charge >= 0.3 is 0 Å². The number of amides is 2. The van der Waals surface area contributed by atoms with Crippen LogP contribution in [0.4, 0.5) is 9.80 Å². The molecule has 0 saturated carbocycles. The van der Waals surface area contributed by atoms with Gasteiger partial charge in [-0.25, -0.2) is 0 Å². The summed E-state index contributed by atoms with van der Waals surface area (Å²) in [5.41, 5.74) is 4.42. The van der Waals surface area contributed by atoms with Crippen LogP contribution in [0.2, 0.25) is 18.6 Å². The van der Waals surface area contributed by atoms with Gasteiger partial charge in [-0.1, -0.05) is 67.6 Å². The third-order valence-electron chi connectivity index (χ3n) is 8.96. The van der Waals surface area contributed by atoms with Gasteiger partial charge in [-0.3, -0.25) is 9.59 Å². The summed E-state index contributed by atoms with van der Waals surface area (Å²) in [5, 5.41) is 13.7. The smallest absolute Gasteiger partial charge is 0.246 e. The Morgan fingerprint density at radius 2 is 1.73 bits per heavy atom. The van der Waals surface area contributed by atoms with Gasteiger partial charge in [-0.15, -0.1) is 0 Å². The number of fused-ring (bicyclic) bond motifs is 1. The van der Waals surface area contributed by atoms with E-state index < -0.39 is 14.5 Å². The van der Waals surface area contributed by atoms with Crippen LogP contribution in [0.1, 0.15) is 36.5 Å². The quantitative estimate of drug-likeness (QED) is 0.114. The number of carbonyl (C=O) groups excluding carboxylic acids is 2. The van der Waals surface area contributed by atoms with Gasteiger partial charge in [-0.05, 0) is 66.7 Å². The highest BCUT2D eigenvalue weighted by molar-refractivity contribution is 6.72. The molecule has 1 aliphatic heterocycles. The average molecular weight is 630 g/mol. The predicted molar refractivity (Wildman–Crippen MR) is 179 cm³/mol. The van der Waals surface area contributed by atoms with E-state index in [-0.39, 0.29) is 55.4 Å². The number of para-hydroxylation sites is 1. The first-order valence-corrected chi connectivity index (χ1v) is 18.8. The molecule has 2 amide bonds. The number of anilines is 1.